The monoisotopic (exact) mass is 563 g/mol. The predicted octanol–water partition coefficient (Wildman–Crippen LogP) is 4.06. The second kappa shape index (κ2) is 11.8. The largest absolute Gasteiger partial charge is 0.456 e. The summed E-state index contributed by atoms with van der Waals surface area (Å²) in [5.41, 5.74) is 4.36. The predicted molar refractivity (Wildman–Crippen MR) is 154 cm³/mol. The lowest BCUT2D eigenvalue weighted by molar-refractivity contribution is 0.00695. The number of carbonyl (C=O) groups is 1. The molecule has 0 aliphatic carbocycles. The Morgan fingerprint density at radius 1 is 1.18 bits per heavy atom. The molecule has 1 aromatic carbocycles. The van der Waals surface area contributed by atoms with Crippen LogP contribution < -0.4 is 15.3 Å². The van der Waals surface area contributed by atoms with Crippen LogP contribution >= 0.6 is 11.3 Å². The van der Waals surface area contributed by atoms with Gasteiger partial charge in [-0.15, -0.1) is 11.3 Å². The van der Waals surface area contributed by atoms with Crippen LogP contribution in [0.25, 0.3) is 21.6 Å². The minimum absolute atomic E-state index is 0.284. The lowest BCUT2D eigenvalue weighted by atomic mass is 10.1. The number of hydroxylamine groups is 1. The maximum absolute atomic E-state index is 12.7. The van der Waals surface area contributed by atoms with Gasteiger partial charge in [0.1, 0.15) is 5.60 Å². The van der Waals surface area contributed by atoms with Crippen LogP contribution in [0.5, 0.6) is 0 Å². The Hall–Kier alpha value is -3.71. The van der Waals surface area contributed by atoms with Crippen molar-refractivity contribution in [1.82, 2.24) is 25.4 Å². The Balaban J connectivity index is 1.48. The smallest absolute Gasteiger partial charge is 0.338 e. The highest BCUT2D eigenvalue weighted by atomic mass is 32.1. The van der Waals surface area contributed by atoms with E-state index < -0.39 is 5.60 Å². The van der Waals surface area contributed by atoms with Gasteiger partial charge >= 0.3 is 5.97 Å². The van der Waals surface area contributed by atoms with Crippen molar-refractivity contribution in [2.24, 2.45) is 0 Å². The van der Waals surface area contributed by atoms with Gasteiger partial charge < -0.3 is 24.5 Å². The molecule has 4 aromatic rings. The number of rotatable bonds is 8. The first kappa shape index (κ1) is 27.8. The molecule has 1 saturated heterocycles. The summed E-state index contributed by atoms with van der Waals surface area (Å²) in [6.45, 7) is 9.16. The average molecular weight is 564 g/mol. The Morgan fingerprint density at radius 3 is 2.62 bits per heavy atom. The number of hydrogen-bond acceptors (Lipinski definition) is 12. The van der Waals surface area contributed by atoms with Crippen LogP contribution in [-0.2, 0) is 22.6 Å². The van der Waals surface area contributed by atoms with Crippen molar-refractivity contribution < 1.29 is 19.5 Å². The number of hydrogen-bond donors (Lipinski definition) is 2. The van der Waals surface area contributed by atoms with Gasteiger partial charge in [-0.2, -0.15) is 0 Å². The van der Waals surface area contributed by atoms with E-state index in [2.05, 4.69) is 26.4 Å². The van der Waals surface area contributed by atoms with Crippen LogP contribution in [0.4, 0.5) is 11.8 Å². The van der Waals surface area contributed by atoms with Gasteiger partial charge in [-0.05, 0) is 39.0 Å². The minimum atomic E-state index is -0.587. The van der Waals surface area contributed by atoms with Gasteiger partial charge in [0.15, 0.2) is 11.6 Å². The molecule has 2 N–H and O–H groups in total. The fourth-order valence-electron chi connectivity index (χ4n) is 4.32. The molecule has 0 saturated carbocycles. The van der Waals surface area contributed by atoms with Crippen molar-refractivity contribution in [3.8, 4) is 11.4 Å². The van der Waals surface area contributed by atoms with E-state index in [-0.39, 0.29) is 12.5 Å². The van der Waals surface area contributed by atoms with Gasteiger partial charge in [0.05, 0.1) is 35.5 Å². The molecule has 0 amide bonds. The van der Waals surface area contributed by atoms with E-state index in [0.29, 0.717) is 37.1 Å². The first-order valence-electron chi connectivity index (χ1n) is 13.1. The highest BCUT2D eigenvalue weighted by Crippen LogP contribution is 2.35. The van der Waals surface area contributed by atoms with Crippen molar-refractivity contribution in [2.75, 3.05) is 43.2 Å². The van der Waals surface area contributed by atoms with E-state index in [4.69, 9.17) is 24.6 Å². The molecule has 1 aliphatic heterocycles. The lowest BCUT2D eigenvalue weighted by Crippen LogP contribution is -2.36. The van der Waals surface area contributed by atoms with Gasteiger partial charge in [-0.3, -0.25) is 0 Å². The summed E-state index contributed by atoms with van der Waals surface area (Å²) in [5.74, 6) is 1.61. The van der Waals surface area contributed by atoms with Crippen LogP contribution in [-0.4, -0.2) is 70.1 Å². The zero-order valence-corrected chi connectivity index (χ0v) is 23.9. The highest BCUT2D eigenvalue weighted by molar-refractivity contribution is 7.19. The number of fused-ring (bicyclic) bond motifs is 1. The van der Waals surface area contributed by atoms with Gasteiger partial charge in [-0.1, -0.05) is 12.1 Å². The Labute approximate surface area is 236 Å². The van der Waals surface area contributed by atoms with Crippen molar-refractivity contribution in [2.45, 2.75) is 39.5 Å². The van der Waals surface area contributed by atoms with Crippen LogP contribution in [0.2, 0.25) is 0 Å². The Bertz CT molecular complexity index is 1480. The van der Waals surface area contributed by atoms with Crippen LogP contribution in [0, 0.1) is 0 Å². The van der Waals surface area contributed by atoms with Crippen molar-refractivity contribution in [3.63, 3.8) is 0 Å². The van der Waals surface area contributed by atoms with E-state index in [1.54, 1.807) is 35.9 Å². The molecule has 1 aliphatic rings. The fraction of sp³-hybridized carbons (Fsp3) is 0.393. The number of anilines is 2. The molecular weight excluding hydrogens is 530 g/mol. The molecule has 0 bridgehead atoms. The van der Waals surface area contributed by atoms with E-state index in [1.165, 1.54) is 0 Å². The van der Waals surface area contributed by atoms with Crippen LogP contribution in [0.3, 0.4) is 0 Å². The summed E-state index contributed by atoms with van der Waals surface area (Å²) in [4.78, 5) is 36.8. The maximum Gasteiger partial charge on any atom is 0.338 e. The molecule has 4 heterocycles. The van der Waals surface area contributed by atoms with E-state index in [0.717, 1.165) is 45.1 Å². The first-order valence-corrected chi connectivity index (χ1v) is 13.9. The molecule has 210 valence electrons. The third-order valence-corrected chi connectivity index (χ3v) is 7.28. The highest BCUT2D eigenvalue weighted by Gasteiger charge is 2.22. The van der Waals surface area contributed by atoms with Gasteiger partial charge in [0.2, 0.25) is 5.95 Å². The SMILES string of the molecule is CN(Cc1cc2nc(-c3cccc(C(=O)OC(C)(C)C)c3)nc(N3CCOCC3)c2s1)c1ncc(CNO)cn1. The number of nitrogens with one attached hydrogen (secondary N) is 1. The molecular formula is C28H33N7O4S. The van der Waals surface area contributed by atoms with Crippen molar-refractivity contribution in [1.29, 1.82) is 0 Å². The fourth-order valence-corrected chi connectivity index (χ4v) is 5.48. The van der Waals surface area contributed by atoms with E-state index in [1.807, 2.05) is 44.9 Å². The average Bonchev–Trinajstić information content (AvgIpc) is 3.35. The van der Waals surface area contributed by atoms with Crippen LogP contribution in [0.1, 0.15) is 41.6 Å². The zero-order valence-electron chi connectivity index (χ0n) is 23.0. The van der Waals surface area contributed by atoms with Crippen LogP contribution in [0.15, 0.2) is 42.7 Å². The van der Waals surface area contributed by atoms with Gasteiger partial charge in [-0.25, -0.2) is 30.2 Å². The number of benzene rings is 1. The first-order chi connectivity index (χ1) is 19.2. The molecule has 0 spiro atoms. The quantitative estimate of drug-likeness (QED) is 0.238. The number of morpholine rings is 1. The molecule has 0 unspecified atom stereocenters. The summed E-state index contributed by atoms with van der Waals surface area (Å²) < 4.78 is 12.2. The third-order valence-electron chi connectivity index (χ3n) is 6.18. The summed E-state index contributed by atoms with van der Waals surface area (Å²) in [6.07, 6.45) is 3.37. The third kappa shape index (κ3) is 6.53. The standard InChI is InChI=1S/C28H33N7O4S/c1-28(2,3)39-26(36)20-7-5-6-19(12-20)24-32-22-13-21(17-34(4)27-29-14-18(15-30-27)16-31-37)40-23(22)25(33-24)35-8-10-38-11-9-35/h5-7,12-15,31,37H,8-11,16-17H2,1-4H3. The second-order valence-corrected chi connectivity index (χ2v) is 11.7. The molecule has 11 nitrogen and oxygen atoms in total. The lowest BCUT2D eigenvalue weighted by Gasteiger charge is -2.28. The van der Waals surface area contributed by atoms with Gasteiger partial charge in [0.25, 0.3) is 0 Å². The number of esters is 1. The molecule has 12 heteroatoms. The number of ether oxygens (including phenoxy) is 2. The molecule has 1 fully saturated rings. The van der Waals surface area contributed by atoms with Crippen molar-refractivity contribution in [3.05, 3.63) is 58.7 Å². The second-order valence-electron chi connectivity index (χ2n) is 10.6. The summed E-state index contributed by atoms with van der Waals surface area (Å²) in [6, 6.07) is 9.34. The Kier molecular flexibility index (Phi) is 8.22. The molecule has 0 radical (unpaired) electrons. The molecule has 0 atom stereocenters. The molecule has 3 aromatic heterocycles. The number of nitrogens with zero attached hydrogens (tertiary/aromatic N) is 6. The minimum Gasteiger partial charge on any atom is -0.456 e. The van der Waals surface area contributed by atoms with Gasteiger partial charge in [0, 0.05) is 55.1 Å². The molecule has 5 rings (SSSR count). The number of carbonyl (C=O) groups excluding carboxylic acids is 1. The summed E-state index contributed by atoms with van der Waals surface area (Å²) in [5, 5.41) is 8.89. The van der Waals surface area contributed by atoms with E-state index >= 15 is 0 Å². The number of thiophene rings is 1. The number of aromatic nitrogens is 4. The Morgan fingerprint density at radius 2 is 1.93 bits per heavy atom. The normalized spacial score (nSPS) is 14.0. The summed E-state index contributed by atoms with van der Waals surface area (Å²) >= 11 is 1.65. The van der Waals surface area contributed by atoms with E-state index in [9.17, 15) is 4.79 Å². The zero-order chi connectivity index (χ0) is 28.3. The maximum atomic E-state index is 12.7. The topological polar surface area (TPSA) is 126 Å². The summed E-state index contributed by atoms with van der Waals surface area (Å²) in [7, 11) is 1.94. The van der Waals surface area contributed by atoms with Crippen molar-refractivity contribution >= 4 is 39.3 Å². The molecule has 40 heavy (non-hydrogen) atoms.